The molecule has 0 spiro atoms. The van der Waals surface area contributed by atoms with E-state index in [2.05, 4.69) is 53.8 Å². The van der Waals surface area contributed by atoms with Crippen LogP contribution in [0.25, 0.3) is 0 Å². The van der Waals surface area contributed by atoms with Gasteiger partial charge >= 0.3 is 0 Å². The second kappa shape index (κ2) is 6.21. The molecule has 4 saturated carbocycles. The highest BCUT2D eigenvalue weighted by atomic mass is 14.9. The Morgan fingerprint density at radius 1 is 0.704 bits per heavy atom. The van der Waals surface area contributed by atoms with Crippen LogP contribution in [0, 0.1) is 23.2 Å². The monoisotopic (exact) mass is 357 g/mol. The van der Waals surface area contributed by atoms with E-state index in [1.807, 2.05) is 0 Å². The third-order valence-electron chi connectivity index (χ3n) is 8.24. The van der Waals surface area contributed by atoms with Gasteiger partial charge in [-0.3, -0.25) is 0 Å². The molecule has 27 heavy (non-hydrogen) atoms. The van der Waals surface area contributed by atoms with Crippen LogP contribution in [0.15, 0.2) is 48.5 Å². The van der Waals surface area contributed by atoms with E-state index in [-0.39, 0.29) is 0 Å². The molecule has 0 saturated heterocycles. The minimum Gasteiger partial charge on any atom is -0.306 e. The molecule has 1 nitrogen and oxygen atoms in total. The predicted octanol–water partition coefficient (Wildman–Crippen LogP) is 5.68. The lowest BCUT2D eigenvalue weighted by molar-refractivity contribution is -0.0520. The molecule has 1 heteroatoms. The van der Waals surface area contributed by atoms with Crippen LogP contribution >= 0.6 is 0 Å². The van der Waals surface area contributed by atoms with Crippen molar-refractivity contribution in [1.82, 2.24) is 5.32 Å². The van der Waals surface area contributed by atoms with Gasteiger partial charge in [0.2, 0.25) is 0 Å². The van der Waals surface area contributed by atoms with E-state index >= 15 is 0 Å². The molecule has 0 aromatic heterocycles. The van der Waals surface area contributed by atoms with Crippen LogP contribution < -0.4 is 5.32 Å². The lowest BCUT2D eigenvalue weighted by Gasteiger charge is -2.57. The first-order valence-electron chi connectivity index (χ1n) is 11.2. The van der Waals surface area contributed by atoms with Crippen molar-refractivity contribution in [1.29, 1.82) is 0 Å². The number of rotatable bonds is 3. The van der Waals surface area contributed by atoms with E-state index < -0.39 is 0 Å². The highest BCUT2D eigenvalue weighted by molar-refractivity contribution is 5.44. The average Bonchev–Trinajstić information content (AvgIpc) is 2.82. The molecule has 0 unspecified atom stereocenters. The summed E-state index contributed by atoms with van der Waals surface area (Å²) in [6, 6.07) is 18.7. The topological polar surface area (TPSA) is 12.0 Å². The van der Waals surface area contributed by atoms with E-state index in [0.29, 0.717) is 11.5 Å². The molecule has 0 aliphatic heterocycles. The minimum absolute atomic E-state index is 0.368. The van der Waals surface area contributed by atoms with Crippen LogP contribution in [-0.4, -0.2) is 6.54 Å². The molecule has 0 amide bonds. The van der Waals surface area contributed by atoms with Crippen LogP contribution in [-0.2, 0) is 12.8 Å². The Bertz CT molecular complexity index is 768. The molecule has 5 aliphatic carbocycles. The zero-order valence-electron chi connectivity index (χ0n) is 16.3. The zero-order valence-corrected chi connectivity index (χ0v) is 16.3. The van der Waals surface area contributed by atoms with Gasteiger partial charge in [-0.2, -0.15) is 0 Å². The zero-order chi connectivity index (χ0) is 17.8. The maximum absolute atomic E-state index is 4.13. The highest BCUT2D eigenvalue weighted by Gasteiger charge is 2.50. The molecule has 0 heterocycles. The van der Waals surface area contributed by atoms with Gasteiger partial charge in [0.05, 0.1) is 6.04 Å². The molecule has 0 radical (unpaired) electrons. The summed E-state index contributed by atoms with van der Waals surface area (Å²) in [6.07, 6.45) is 11.4. The van der Waals surface area contributed by atoms with Gasteiger partial charge in [-0.25, -0.2) is 0 Å². The normalized spacial score (nSPS) is 34.1. The van der Waals surface area contributed by atoms with Gasteiger partial charge in [0.1, 0.15) is 0 Å². The van der Waals surface area contributed by atoms with Crippen LogP contribution in [0.5, 0.6) is 0 Å². The van der Waals surface area contributed by atoms with E-state index in [1.165, 1.54) is 80.2 Å². The number of aryl methyl sites for hydroxylation is 2. The number of fused-ring (bicyclic) bond motifs is 2. The second-order valence-electron chi connectivity index (χ2n) is 10.1. The quantitative estimate of drug-likeness (QED) is 0.745. The fourth-order valence-electron chi connectivity index (χ4n) is 7.57. The first kappa shape index (κ1) is 16.4. The fraction of sp³-hybridized carbons (Fsp3) is 0.538. The van der Waals surface area contributed by atoms with Crippen LogP contribution in [0.1, 0.15) is 66.8 Å². The molecule has 5 aliphatic rings. The summed E-state index contributed by atoms with van der Waals surface area (Å²) >= 11 is 0. The van der Waals surface area contributed by atoms with Gasteiger partial charge in [0.15, 0.2) is 0 Å². The van der Waals surface area contributed by atoms with Crippen molar-refractivity contribution < 1.29 is 0 Å². The van der Waals surface area contributed by atoms with Gasteiger partial charge in [0, 0.05) is 6.54 Å². The molecule has 1 N–H and O–H groups in total. The lowest BCUT2D eigenvalue weighted by Crippen LogP contribution is -2.50. The van der Waals surface area contributed by atoms with Crippen molar-refractivity contribution in [2.45, 2.75) is 57.4 Å². The van der Waals surface area contributed by atoms with Crippen molar-refractivity contribution in [2.24, 2.45) is 23.2 Å². The maximum atomic E-state index is 4.13. The fourth-order valence-corrected chi connectivity index (χ4v) is 7.57. The summed E-state index contributed by atoms with van der Waals surface area (Å²) in [5.74, 6) is 3.10. The molecule has 4 fully saturated rings. The summed E-state index contributed by atoms with van der Waals surface area (Å²) < 4.78 is 0. The summed E-state index contributed by atoms with van der Waals surface area (Å²) in [5.41, 5.74) is 6.71. The summed E-state index contributed by atoms with van der Waals surface area (Å²) in [6.45, 7) is 1.21. The van der Waals surface area contributed by atoms with Gasteiger partial charge in [-0.05, 0) is 96.8 Å². The third kappa shape index (κ3) is 2.78. The minimum atomic E-state index is 0.368. The van der Waals surface area contributed by atoms with Crippen molar-refractivity contribution in [2.75, 3.05) is 6.54 Å². The molecule has 4 bridgehead atoms. The molecule has 2 aromatic carbocycles. The SMILES string of the molecule is c1ccc2c(c1)CCc1ccccc1C2NCC12CC3CC(CC(C3)C1)C2. The number of hydrogen-bond donors (Lipinski definition) is 1. The molecule has 2 aromatic rings. The summed E-state index contributed by atoms with van der Waals surface area (Å²) in [5, 5.41) is 4.13. The van der Waals surface area contributed by atoms with Gasteiger partial charge in [-0.1, -0.05) is 48.5 Å². The molecular weight excluding hydrogens is 326 g/mol. The largest absolute Gasteiger partial charge is 0.306 e. The Balaban J connectivity index is 1.33. The smallest absolute Gasteiger partial charge is 0.0582 e. The van der Waals surface area contributed by atoms with Crippen molar-refractivity contribution in [3.05, 3.63) is 70.8 Å². The van der Waals surface area contributed by atoms with E-state index in [0.717, 1.165) is 17.8 Å². The molecule has 140 valence electrons. The van der Waals surface area contributed by atoms with Crippen molar-refractivity contribution in [3.8, 4) is 0 Å². The summed E-state index contributed by atoms with van der Waals surface area (Å²) in [4.78, 5) is 0. The van der Waals surface area contributed by atoms with Crippen LogP contribution in [0.3, 0.4) is 0 Å². The van der Waals surface area contributed by atoms with E-state index in [4.69, 9.17) is 0 Å². The second-order valence-corrected chi connectivity index (χ2v) is 10.1. The van der Waals surface area contributed by atoms with Crippen LogP contribution in [0.2, 0.25) is 0 Å². The Labute approximate surface area is 163 Å². The lowest BCUT2D eigenvalue weighted by atomic mass is 9.49. The average molecular weight is 358 g/mol. The maximum Gasteiger partial charge on any atom is 0.0582 e. The molecular formula is C26H31N. The van der Waals surface area contributed by atoms with Gasteiger partial charge < -0.3 is 5.32 Å². The Morgan fingerprint density at radius 3 is 1.70 bits per heavy atom. The Hall–Kier alpha value is -1.60. The highest BCUT2D eigenvalue weighted by Crippen LogP contribution is 2.59. The van der Waals surface area contributed by atoms with Crippen LogP contribution in [0.4, 0.5) is 0 Å². The molecule has 7 rings (SSSR count). The Morgan fingerprint density at radius 2 is 1.19 bits per heavy atom. The molecule has 0 atom stereocenters. The van der Waals surface area contributed by atoms with E-state index in [1.54, 1.807) is 0 Å². The number of nitrogens with one attached hydrogen (secondary N) is 1. The van der Waals surface area contributed by atoms with Gasteiger partial charge in [0.25, 0.3) is 0 Å². The van der Waals surface area contributed by atoms with Crippen molar-refractivity contribution in [3.63, 3.8) is 0 Å². The summed E-state index contributed by atoms with van der Waals surface area (Å²) in [7, 11) is 0. The van der Waals surface area contributed by atoms with Crippen molar-refractivity contribution >= 4 is 0 Å². The number of benzene rings is 2. The van der Waals surface area contributed by atoms with E-state index in [9.17, 15) is 0 Å². The predicted molar refractivity (Wildman–Crippen MR) is 111 cm³/mol. The first-order chi connectivity index (χ1) is 13.3. The standard InChI is InChI=1S/C26H31N/c1-3-7-23-21(5-1)9-10-22-6-2-4-8-24(22)25(23)27-17-26-14-18-11-19(15-26)13-20(12-18)16-26/h1-8,18-20,25,27H,9-17H2. The van der Waals surface area contributed by atoms with Gasteiger partial charge in [-0.15, -0.1) is 0 Å². The number of hydrogen-bond acceptors (Lipinski definition) is 1. The third-order valence-corrected chi connectivity index (χ3v) is 8.24. The first-order valence-corrected chi connectivity index (χ1v) is 11.2. The Kier molecular flexibility index (Phi) is 3.76.